The van der Waals surface area contributed by atoms with Crippen molar-refractivity contribution in [2.45, 2.75) is 13.3 Å². The predicted octanol–water partition coefficient (Wildman–Crippen LogP) is 2.63. The minimum Gasteiger partial charge on any atom is -0.494 e. The second kappa shape index (κ2) is 6.32. The van der Waals surface area contributed by atoms with Gasteiger partial charge in [0.25, 0.3) is 0 Å². The second-order valence-electron chi connectivity index (χ2n) is 5.06. The number of ether oxygens (including phenoxy) is 1. The Hall–Kier alpha value is -2.87. The smallest absolute Gasteiger partial charge is 0.235 e. The molecule has 0 radical (unpaired) electrons. The summed E-state index contributed by atoms with van der Waals surface area (Å²) < 4.78 is 7.18. The van der Waals surface area contributed by atoms with Crippen LogP contribution >= 0.6 is 11.3 Å². The van der Waals surface area contributed by atoms with Crippen molar-refractivity contribution in [3.8, 4) is 17.3 Å². The lowest BCUT2D eigenvalue weighted by Crippen LogP contribution is -1.96. The number of aromatic nitrogens is 6. The molecule has 7 nitrogen and oxygen atoms in total. The molecule has 0 amide bonds. The number of rotatable bonds is 5. The van der Waals surface area contributed by atoms with Gasteiger partial charge in [0.15, 0.2) is 0 Å². The van der Waals surface area contributed by atoms with Crippen molar-refractivity contribution in [2.75, 3.05) is 6.61 Å². The van der Waals surface area contributed by atoms with Crippen LogP contribution in [0.25, 0.3) is 16.5 Å². The summed E-state index contributed by atoms with van der Waals surface area (Å²) >= 11 is 1.52. The average Bonchev–Trinajstić information content (AvgIpc) is 3.18. The highest BCUT2D eigenvalue weighted by atomic mass is 32.1. The Morgan fingerprint density at radius 2 is 2.00 bits per heavy atom. The quantitative estimate of drug-likeness (QED) is 0.557. The molecule has 3 aromatic heterocycles. The van der Waals surface area contributed by atoms with Crippen LogP contribution in [0.1, 0.15) is 17.5 Å². The Bertz CT molecular complexity index is 948. The van der Waals surface area contributed by atoms with Crippen LogP contribution in [-0.4, -0.2) is 36.4 Å². The molecule has 0 bridgehead atoms. The van der Waals surface area contributed by atoms with Gasteiger partial charge in [0.1, 0.15) is 16.5 Å². The molecule has 4 aromatic rings. The van der Waals surface area contributed by atoms with Gasteiger partial charge in [-0.25, -0.2) is 4.98 Å². The van der Waals surface area contributed by atoms with Crippen LogP contribution in [0.2, 0.25) is 0 Å². The lowest BCUT2D eigenvalue weighted by molar-refractivity contribution is 0.340. The average molecular weight is 338 g/mol. The van der Waals surface area contributed by atoms with Gasteiger partial charge in [-0.1, -0.05) is 23.5 Å². The van der Waals surface area contributed by atoms with E-state index in [9.17, 15) is 0 Å². The fraction of sp³-hybridized carbons (Fsp3) is 0.188. The summed E-state index contributed by atoms with van der Waals surface area (Å²) in [4.78, 5) is 9.07. The van der Waals surface area contributed by atoms with Gasteiger partial charge in [0.2, 0.25) is 10.8 Å². The Balaban J connectivity index is 1.60. The maximum atomic E-state index is 5.46. The molecule has 0 N–H and O–H groups in total. The Morgan fingerprint density at radius 3 is 2.75 bits per heavy atom. The first-order chi connectivity index (χ1) is 11.8. The highest BCUT2D eigenvalue weighted by Crippen LogP contribution is 2.22. The third-order valence-corrected chi connectivity index (χ3v) is 4.31. The first-order valence-electron chi connectivity index (χ1n) is 7.52. The van der Waals surface area contributed by atoms with Gasteiger partial charge >= 0.3 is 0 Å². The van der Waals surface area contributed by atoms with Crippen LogP contribution in [-0.2, 0) is 6.42 Å². The van der Waals surface area contributed by atoms with Gasteiger partial charge < -0.3 is 4.74 Å². The highest BCUT2D eigenvalue weighted by molar-refractivity contribution is 7.16. The van der Waals surface area contributed by atoms with Gasteiger partial charge in [-0.2, -0.15) is 9.61 Å². The standard InChI is InChI=1S/C16H14N6OS/c1-2-23-12-5-3-11(4-6-12)9-14-21-22-15(19-20-16(22)24-14)13-10-17-7-8-18-13/h3-8,10H,2,9H2,1H3. The van der Waals surface area contributed by atoms with Crippen LogP contribution in [0.4, 0.5) is 0 Å². The van der Waals surface area contributed by atoms with Crippen molar-refractivity contribution in [2.24, 2.45) is 0 Å². The van der Waals surface area contributed by atoms with E-state index in [1.54, 1.807) is 23.1 Å². The molecular weight excluding hydrogens is 324 g/mol. The molecule has 0 aliphatic carbocycles. The molecule has 0 saturated carbocycles. The van der Waals surface area contributed by atoms with Crippen LogP contribution in [0, 0.1) is 0 Å². The third kappa shape index (κ3) is 2.83. The summed E-state index contributed by atoms with van der Waals surface area (Å²) in [7, 11) is 0. The predicted molar refractivity (Wildman–Crippen MR) is 90.1 cm³/mol. The topological polar surface area (TPSA) is 78.1 Å². The van der Waals surface area contributed by atoms with Crippen LogP contribution < -0.4 is 4.74 Å². The van der Waals surface area contributed by atoms with E-state index in [-0.39, 0.29) is 0 Å². The molecule has 120 valence electrons. The normalized spacial score (nSPS) is 11.0. The molecule has 0 unspecified atom stereocenters. The highest BCUT2D eigenvalue weighted by Gasteiger charge is 2.14. The van der Waals surface area contributed by atoms with Gasteiger partial charge in [-0.15, -0.1) is 10.2 Å². The maximum Gasteiger partial charge on any atom is 0.235 e. The largest absolute Gasteiger partial charge is 0.494 e. The number of benzene rings is 1. The van der Waals surface area contributed by atoms with Crippen LogP contribution in [0.5, 0.6) is 5.75 Å². The van der Waals surface area contributed by atoms with Crippen molar-refractivity contribution in [1.29, 1.82) is 0 Å². The fourth-order valence-corrected chi connectivity index (χ4v) is 3.21. The second-order valence-corrected chi connectivity index (χ2v) is 6.10. The Labute approximate surface area is 142 Å². The summed E-state index contributed by atoms with van der Waals surface area (Å²) in [6.07, 6.45) is 5.64. The summed E-state index contributed by atoms with van der Waals surface area (Å²) in [5, 5.41) is 13.9. The van der Waals surface area contributed by atoms with Crippen molar-refractivity contribution in [1.82, 2.24) is 29.8 Å². The molecule has 0 fully saturated rings. The molecular formula is C16H14N6OS. The summed E-state index contributed by atoms with van der Waals surface area (Å²) in [5.74, 6) is 1.48. The number of hydrogen-bond acceptors (Lipinski definition) is 7. The molecule has 0 aliphatic heterocycles. The summed E-state index contributed by atoms with van der Waals surface area (Å²) in [5.41, 5.74) is 1.83. The first kappa shape index (κ1) is 14.7. The Morgan fingerprint density at radius 1 is 1.12 bits per heavy atom. The van der Waals surface area contributed by atoms with E-state index in [1.165, 1.54) is 16.9 Å². The van der Waals surface area contributed by atoms with Crippen molar-refractivity contribution >= 4 is 16.3 Å². The minimum absolute atomic E-state index is 0.604. The van der Waals surface area contributed by atoms with Gasteiger partial charge in [-0.05, 0) is 24.6 Å². The third-order valence-electron chi connectivity index (χ3n) is 3.41. The molecule has 0 aliphatic rings. The van der Waals surface area contributed by atoms with Crippen LogP contribution in [0.15, 0.2) is 42.9 Å². The maximum absolute atomic E-state index is 5.46. The zero-order valence-corrected chi connectivity index (χ0v) is 13.8. The zero-order valence-electron chi connectivity index (χ0n) is 13.0. The lowest BCUT2D eigenvalue weighted by Gasteiger charge is -2.03. The van der Waals surface area contributed by atoms with E-state index in [1.807, 2.05) is 19.1 Å². The molecule has 0 atom stereocenters. The number of hydrogen-bond donors (Lipinski definition) is 0. The van der Waals surface area contributed by atoms with Crippen molar-refractivity contribution in [3.63, 3.8) is 0 Å². The van der Waals surface area contributed by atoms with Crippen molar-refractivity contribution in [3.05, 3.63) is 53.4 Å². The van der Waals surface area contributed by atoms with E-state index in [0.717, 1.165) is 22.1 Å². The lowest BCUT2D eigenvalue weighted by atomic mass is 10.1. The van der Waals surface area contributed by atoms with E-state index in [2.05, 4.69) is 37.4 Å². The molecule has 8 heteroatoms. The van der Waals surface area contributed by atoms with E-state index < -0.39 is 0 Å². The van der Waals surface area contributed by atoms with E-state index in [0.29, 0.717) is 18.1 Å². The summed E-state index contributed by atoms with van der Waals surface area (Å²) in [6.45, 7) is 2.64. The van der Waals surface area contributed by atoms with Gasteiger partial charge in [0.05, 0.1) is 12.8 Å². The monoisotopic (exact) mass is 338 g/mol. The fourth-order valence-electron chi connectivity index (χ4n) is 2.35. The summed E-state index contributed by atoms with van der Waals surface area (Å²) in [6, 6.07) is 8.06. The minimum atomic E-state index is 0.604. The Kier molecular flexibility index (Phi) is 3.87. The van der Waals surface area contributed by atoms with Crippen LogP contribution in [0.3, 0.4) is 0 Å². The number of fused-ring (bicyclic) bond motifs is 1. The first-order valence-corrected chi connectivity index (χ1v) is 8.34. The van der Waals surface area contributed by atoms with Gasteiger partial charge in [0, 0.05) is 18.8 Å². The molecule has 0 spiro atoms. The molecule has 0 saturated heterocycles. The van der Waals surface area contributed by atoms with E-state index >= 15 is 0 Å². The zero-order chi connectivity index (χ0) is 16.4. The molecule has 4 rings (SSSR count). The molecule has 3 heterocycles. The molecule has 24 heavy (non-hydrogen) atoms. The van der Waals surface area contributed by atoms with Gasteiger partial charge in [-0.3, -0.25) is 4.98 Å². The van der Waals surface area contributed by atoms with E-state index in [4.69, 9.17) is 4.74 Å². The number of nitrogens with zero attached hydrogens (tertiary/aromatic N) is 6. The van der Waals surface area contributed by atoms with Crippen molar-refractivity contribution < 1.29 is 4.74 Å². The molecule has 1 aromatic carbocycles. The SMILES string of the molecule is CCOc1ccc(Cc2nn3c(-c4cnccn4)nnc3s2)cc1.